The van der Waals surface area contributed by atoms with Gasteiger partial charge in [0.1, 0.15) is 28.7 Å². The molecule has 2 N–H and O–H groups in total. The summed E-state index contributed by atoms with van der Waals surface area (Å²) in [5.74, 6) is -0.0486. The number of rotatable bonds is 4. The number of allylic oxidation sites excluding steroid dienone is 1. The molecule has 0 fully saturated rings. The Labute approximate surface area is 203 Å². The van der Waals surface area contributed by atoms with E-state index < -0.39 is 5.97 Å². The molecule has 0 saturated carbocycles. The number of carbonyl (C=O) groups is 1. The van der Waals surface area contributed by atoms with Gasteiger partial charge < -0.3 is 19.6 Å². The third-order valence-corrected chi connectivity index (χ3v) is 6.40. The van der Waals surface area contributed by atoms with E-state index in [0.717, 1.165) is 34.1 Å². The summed E-state index contributed by atoms with van der Waals surface area (Å²) in [6.07, 6.45) is 0.923. The highest BCUT2D eigenvalue weighted by Gasteiger charge is 2.31. The van der Waals surface area contributed by atoms with Gasteiger partial charge in [-0.2, -0.15) is 5.26 Å². The van der Waals surface area contributed by atoms with Gasteiger partial charge >= 0.3 is 5.97 Å². The Hall–Kier alpha value is -4.50. The van der Waals surface area contributed by atoms with E-state index in [0.29, 0.717) is 16.9 Å². The summed E-state index contributed by atoms with van der Waals surface area (Å²) in [4.78, 5) is 12.9. The fraction of sp³-hybridized carbons (Fsp3) is 0.172. The van der Waals surface area contributed by atoms with E-state index in [2.05, 4.69) is 13.0 Å². The normalized spacial score (nSPS) is 14.9. The average Bonchev–Trinajstić information content (AvgIpc) is 3.19. The Morgan fingerprint density at radius 1 is 1.09 bits per heavy atom. The Morgan fingerprint density at radius 2 is 1.86 bits per heavy atom. The van der Waals surface area contributed by atoms with Gasteiger partial charge in [-0.3, -0.25) is 0 Å². The van der Waals surface area contributed by atoms with E-state index in [1.54, 1.807) is 18.2 Å². The van der Waals surface area contributed by atoms with Crippen LogP contribution in [-0.4, -0.2) is 5.97 Å². The first-order valence-electron chi connectivity index (χ1n) is 11.4. The number of nitrogens with two attached hydrogens (primary N) is 1. The molecule has 1 atom stereocenters. The predicted molar refractivity (Wildman–Crippen MR) is 132 cm³/mol. The van der Waals surface area contributed by atoms with Gasteiger partial charge in [-0.1, -0.05) is 48.9 Å². The molecule has 1 aliphatic heterocycles. The molecular formula is C29H24N2O4. The molecule has 1 unspecified atom stereocenters. The maximum absolute atomic E-state index is 12.9. The minimum absolute atomic E-state index is 0.0385. The zero-order valence-corrected chi connectivity index (χ0v) is 19.7. The number of nitriles is 1. The van der Waals surface area contributed by atoms with E-state index in [1.807, 2.05) is 56.3 Å². The number of esters is 1. The minimum atomic E-state index is -0.597. The lowest BCUT2D eigenvalue weighted by Crippen LogP contribution is -2.21. The van der Waals surface area contributed by atoms with Crippen molar-refractivity contribution < 1.29 is 18.7 Å². The van der Waals surface area contributed by atoms with Crippen LogP contribution in [0.5, 0.6) is 11.5 Å². The molecule has 0 bridgehead atoms. The van der Waals surface area contributed by atoms with E-state index >= 15 is 0 Å². The molecule has 6 heteroatoms. The highest BCUT2D eigenvalue weighted by Crippen LogP contribution is 2.43. The first-order chi connectivity index (χ1) is 16.9. The topological polar surface area (TPSA) is 98.5 Å². The van der Waals surface area contributed by atoms with Crippen LogP contribution in [0.4, 0.5) is 0 Å². The molecule has 5 rings (SSSR count). The average molecular weight is 465 g/mol. The molecule has 0 radical (unpaired) electrons. The molecule has 4 aromatic rings. The van der Waals surface area contributed by atoms with Crippen molar-refractivity contribution in [2.75, 3.05) is 0 Å². The second kappa shape index (κ2) is 8.69. The van der Waals surface area contributed by atoms with Crippen LogP contribution in [-0.2, 0) is 6.42 Å². The van der Waals surface area contributed by atoms with Gasteiger partial charge in [-0.05, 0) is 49.6 Å². The van der Waals surface area contributed by atoms with Gasteiger partial charge in [0.2, 0.25) is 11.6 Å². The highest BCUT2D eigenvalue weighted by atomic mass is 16.5. The van der Waals surface area contributed by atoms with Crippen molar-refractivity contribution in [3.8, 4) is 17.6 Å². The van der Waals surface area contributed by atoms with E-state index in [9.17, 15) is 10.1 Å². The molecule has 2 heterocycles. The summed E-state index contributed by atoms with van der Waals surface area (Å²) in [5.41, 5.74) is 11.8. The summed E-state index contributed by atoms with van der Waals surface area (Å²) in [6.45, 7) is 5.91. The quantitative estimate of drug-likeness (QED) is 0.292. The van der Waals surface area contributed by atoms with Gasteiger partial charge in [0.25, 0.3) is 0 Å². The van der Waals surface area contributed by atoms with Crippen molar-refractivity contribution in [2.24, 2.45) is 5.73 Å². The van der Waals surface area contributed by atoms with Gasteiger partial charge in [0.05, 0.1) is 5.92 Å². The second-order valence-electron chi connectivity index (χ2n) is 8.66. The monoisotopic (exact) mass is 464 g/mol. The highest BCUT2D eigenvalue weighted by molar-refractivity contribution is 5.97. The van der Waals surface area contributed by atoms with Crippen LogP contribution >= 0.6 is 0 Å². The standard InChI is InChI=1S/C29H24N2O4/c1-4-18-6-8-19(9-7-18)26-21-11-10-20(14-25(21)35-28(31)23(26)15-30)33-29(32)27-17(3)22-13-16(2)5-12-24(22)34-27/h5-14,26H,4,31H2,1-3H3. The first-order valence-corrected chi connectivity index (χ1v) is 11.4. The number of hydrogen-bond acceptors (Lipinski definition) is 6. The molecule has 6 nitrogen and oxygen atoms in total. The van der Waals surface area contributed by atoms with Crippen molar-refractivity contribution >= 4 is 16.9 Å². The van der Waals surface area contributed by atoms with Crippen molar-refractivity contribution in [2.45, 2.75) is 33.1 Å². The van der Waals surface area contributed by atoms with Crippen molar-refractivity contribution in [3.05, 3.63) is 106 Å². The van der Waals surface area contributed by atoms with Crippen LogP contribution in [0.2, 0.25) is 0 Å². The lowest BCUT2D eigenvalue weighted by molar-refractivity contribution is 0.0702. The van der Waals surface area contributed by atoms with E-state index in [4.69, 9.17) is 19.6 Å². The minimum Gasteiger partial charge on any atom is -0.449 e. The maximum atomic E-state index is 12.9. The lowest BCUT2D eigenvalue weighted by atomic mass is 9.83. The third-order valence-electron chi connectivity index (χ3n) is 6.40. The van der Waals surface area contributed by atoms with Crippen LogP contribution in [0, 0.1) is 25.2 Å². The van der Waals surface area contributed by atoms with Gasteiger partial charge in [0.15, 0.2) is 0 Å². The maximum Gasteiger partial charge on any atom is 0.379 e. The fourth-order valence-corrected chi connectivity index (χ4v) is 4.47. The number of nitrogens with zero attached hydrogens (tertiary/aromatic N) is 1. The van der Waals surface area contributed by atoms with E-state index in [1.165, 1.54) is 5.56 Å². The number of aryl methyl sites for hydroxylation is 3. The van der Waals surface area contributed by atoms with Crippen molar-refractivity contribution in [1.82, 2.24) is 0 Å². The molecule has 1 aromatic heterocycles. The number of carbonyl (C=O) groups excluding carboxylic acids is 1. The zero-order chi connectivity index (χ0) is 24.7. The lowest BCUT2D eigenvalue weighted by Gasteiger charge is -2.26. The summed E-state index contributed by atoms with van der Waals surface area (Å²) < 4.78 is 17.2. The SMILES string of the molecule is CCc1ccc(C2C(C#N)=C(N)Oc3cc(OC(=O)c4oc5ccc(C)cc5c4C)ccc32)cc1. The van der Waals surface area contributed by atoms with Crippen LogP contribution in [0.25, 0.3) is 11.0 Å². The smallest absolute Gasteiger partial charge is 0.379 e. The molecule has 35 heavy (non-hydrogen) atoms. The predicted octanol–water partition coefficient (Wildman–Crippen LogP) is 6.05. The largest absolute Gasteiger partial charge is 0.449 e. The van der Waals surface area contributed by atoms with Gasteiger partial charge in [0, 0.05) is 22.6 Å². The number of fused-ring (bicyclic) bond motifs is 2. The van der Waals surface area contributed by atoms with Crippen LogP contribution < -0.4 is 15.2 Å². The number of hydrogen-bond donors (Lipinski definition) is 1. The van der Waals surface area contributed by atoms with Gasteiger partial charge in [-0.25, -0.2) is 4.79 Å². The van der Waals surface area contributed by atoms with Crippen molar-refractivity contribution in [1.29, 1.82) is 5.26 Å². The number of ether oxygens (including phenoxy) is 2. The number of benzene rings is 3. The molecule has 0 amide bonds. The molecule has 0 aliphatic carbocycles. The fourth-order valence-electron chi connectivity index (χ4n) is 4.47. The summed E-state index contributed by atoms with van der Waals surface area (Å²) in [7, 11) is 0. The molecule has 3 aromatic carbocycles. The van der Waals surface area contributed by atoms with Crippen LogP contribution in [0.3, 0.4) is 0 Å². The number of furan rings is 1. The molecular weight excluding hydrogens is 440 g/mol. The van der Waals surface area contributed by atoms with Crippen molar-refractivity contribution in [3.63, 3.8) is 0 Å². The summed E-state index contributed by atoms with van der Waals surface area (Å²) in [6, 6.07) is 21.1. The molecule has 0 saturated heterocycles. The molecule has 0 spiro atoms. The van der Waals surface area contributed by atoms with Crippen LogP contribution in [0.15, 0.2) is 76.5 Å². The first kappa shape index (κ1) is 22.3. The Kier molecular flexibility index (Phi) is 5.54. The summed E-state index contributed by atoms with van der Waals surface area (Å²) in [5, 5.41) is 10.7. The van der Waals surface area contributed by atoms with E-state index in [-0.39, 0.29) is 23.3 Å². The van der Waals surface area contributed by atoms with Crippen LogP contribution in [0.1, 0.15) is 51.2 Å². The molecule has 174 valence electrons. The Balaban J connectivity index is 1.48. The Morgan fingerprint density at radius 3 is 2.57 bits per heavy atom. The van der Waals surface area contributed by atoms with Gasteiger partial charge in [-0.15, -0.1) is 0 Å². The summed E-state index contributed by atoms with van der Waals surface area (Å²) >= 11 is 0. The third kappa shape index (κ3) is 3.91. The molecule has 1 aliphatic rings. The zero-order valence-electron chi connectivity index (χ0n) is 19.7. The second-order valence-corrected chi connectivity index (χ2v) is 8.66. The Bertz CT molecular complexity index is 1540.